The van der Waals surface area contributed by atoms with Gasteiger partial charge in [-0.25, -0.2) is 0 Å². The average Bonchev–Trinajstić information content (AvgIpc) is 2.24. The first-order chi connectivity index (χ1) is 7.22. The van der Waals surface area contributed by atoms with E-state index in [0.717, 1.165) is 5.92 Å². The molecule has 1 aromatic rings. The molecule has 1 aliphatic carbocycles. The van der Waals surface area contributed by atoms with Crippen LogP contribution in [0.1, 0.15) is 60.5 Å². The Morgan fingerprint density at radius 1 is 1.27 bits per heavy atom. The maximum absolute atomic E-state index is 3.80. The van der Waals surface area contributed by atoms with Crippen molar-refractivity contribution in [3.05, 3.63) is 34.9 Å². The summed E-state index contributed by atoms with van der Waals surface area (Å²) in [6.07, 6.45) is 5.04. The molecule has 0 saturated carbocycles. The highest BCUT2D eigenvalue weighted by molar-refractivity contribution is 9.09. The number of aryl methyl sites for hydroxylation is 1. The molecular formula is C14H19Br. The summed E-state index contributed by atoms with van der Waals surface area (Å²) in [6.45, 7) is 4.59. The first-order valence-electron chi connectivity index (χ1n) is 5.99. The number of hydrogen-bond acceptors (Lipinski definition) is 0. The molecule has 15 heavy (non-hydrogen) atoms. The molecule has 0 aromatic heterocycles. The maximum atomic E-state index is 3.80. The van der Waals surface area contributed by atoms with E-state index in [-0.39, 0.29) is 0 Å². The smallest absolute Gasteiger partial charge is 0.0398 e. The molecule has 2 rings (SSSR count). The van der Waals surface area contributed by atoms with Crippen LogP contribution in [0.25, 0.3) is 0 Å². The minimum atomic E-state index is 0.584. The van der Waals surface area contributed by atoms with Crippen molar-refractivity contribution >= 4 is 15.9 Å². The van der Waals surface area contributed by atoms with E-state index in [2.05, 4.69) is 48.0 Å². The maximum Gasteiger partial charge on any atom is 0.0398 e. The molecular weight excluding hydrogens is 248 g/mol. The van der Waals surface area contributed by atoms with Gasteiger partial charge in [-0.2, -0.15) is 0 Å². The third-order valence-corrected chi connectivity index (χ3v) is 4.36. The summed E-state index contributed by atoms with van der Waals surface area (Å²) in [7, 11) is 0. The molecule has 1 heteroatoms. The normalized spacial score (nSPS) is 25.0. The van der Waals surface area contributed by atoms with Gasteiger partial charge in [0.25, 0.3) is 0 Å². The molecule has 0 bridgehead atoms. The number of fused-ring (bicyclic) bond motifs is 1. The van der Waals surface area contributed by atoms with Crippen LogP contribution in [0.15, 0.2) is 18.2 Å². The number of rotatable bonds is 2. The lowest BCUT2D eigenvalue weighted by molar-refractivity contribution is 0.586. The van der Waals surface area contributed by atoms with E-state index in [1.807, 2.05) is 0 Å². The Hall–Kier alpha value is -0.300. The van der Waals surface area contributed by atoms with Gasteiger partial charge in [-0.3, -0.25) is 0 Å². The molecule has 0 saturated heterocycles. The quantitative estimate of drug-likeness (QED) is 0.663. The first-order valence-corrected chi connectivity index (χ1v) is 6.90. The minimum Gasteiger partial charge on any atom is -0.0839 e. The SMILES string of the molecule is CCCc1ccc2c(c1)C(Br)CCC2C. The molecule has 1 aromatic carbocycles. The lowest BCUT2D eigenvalue weighted by atomic mass is 9.83. The predicted molar refractivity (Wildman–Crippen MR) is 69.8 cm³/mol. The summed E-state index contributed by atoms with van der Waals surface area (Å²) in [5.41, 5.74) is 4.59. The van der Waals surface area contributed by atoms with E-state index in [1.165, 1.54) is 31.2 Å². The third-order valence-electron chi connectivity index (χ3n) is 3.41. The molecule has 82 valence electrons. The van der Waals surface area contributed by atoms with Crippen LogP contribution in [0.4, 0.5) is 0 Å². The lowest BCUT2D eigenvalue weighted by Crippen LogP contribution is -2.09. The van der Waals surface area contributed by atoms with Crippen LogP contribution in [0, 0.1) is 0 Å². The second-order valence-corrected chi connectivity index (χ2v) is 5.76. The van der Waals surface area contributed by atoms with Crippen molar-refractivity contribution in [2.75, 3.05) is 0 Å². The van der Waals surface area contributed by atoms with Crippen molar-refractivity contribution in [3.63, 3.8) is 0 Å². The molecule has 0 aliphatic heterocycles. The van der Waals surface area contributed by atoms with Crippen molar-refractivity contribution in [2.45, 2.75) is 50.3 Å². The van der Waals surface area contributed by atoms with Crippen LogP contribution in [-0.2, 0) is 6.42 Å². The molecule has 2 unspecified atom stereocenters. The Bertz CT molecular complexity index is 343. The summed E-state index contributed by atoms with van der Waals surface area (Å²) in [6, 6.07) is 7.07. The lowest BCUT2D eigenvalue weighted by Gasteiger charge is -2.27. The van der Waals surface area contributed by atoms with Gasteiger partial charge in [-0.15, -0.1) is 0 Å². The highest BCUT2D eigenvalue weighted by Gasteiger charge is 2.22. The summed E-state index contributed by atoms with van der Waals surface area (Å²) in [4.78, 5) is 0.584. The number of hydrogen-bond donors (Lipinski definition) is 0. The van der Waals surface area contributed by atoms with Gasteiger partial charge in [0.2, 0.25) is 0 Å². The summed E-state index contributed by atoms with van der Waals surface area (Å²) in [5, 5.41) is 0. The minimum absolute atomic E-state index is 0.584. The van der Waals surface area contributed by atoms with Crippen molar-refractivity contribution in [3.8, 4) is 0 Å². The van der Waals surface area contributed by atoms with Gasteiger partial charge in [-0.1, -0.05) is 54.4 Å². The number of benzene rings is 1. The second kappa shape index (κ2) is 4.69. The second-order valence-electron chi connectivity index (χ2n) is 4.66. The Balaban J connectivity index is 2.36. The molecule has 2 atom stereocenters. The van der Waals surface area contributed by atoms with Crippen LogP contribution in [0.3, 0.4) is 0 Å². The van der Waals surface area contributed by atoms with Gasteiger partial charge in [0.15, 0.2) is 0 Å². The summed E-state index contributed by atoms with van der Waals surface area (Å²) >= 11 is 3.80. The van der Waals surface area contributed by atoms with Gasteiger partial charge in [0.1, 0.15) is 0 Å². The molecule has 0 nitrogen and oxygen atoms in total. The van der Waals surface area contributed by atoms with Crippen molar-refractivity contribution in [1.29, 1.82) is 0 Å². The van der Waals surface area contributed by atoms with Gasteiger partial charge in [-0.05, 0) is 41.9 Å². The molecule has 0 fully saturated rings. The molecule has 0 amide bonds. The summed E-state index contributed by atoms with van der Waals surface area (Å²) in [5.74, 6) is 0.740. The fourth-order valence-electron chi connectivity index (χ4n) is 2.50. The Morgan fingerprint density at radius 2 is 2.07 bits per heavy atom. The van der Waals surface area contributed by atoms with Crippen LogP contribution in [-0.4, -0.2) is 0 Å². The van der Waals surface area contributed by atoms with E-state index in [9.17, 15) is 0 Å². The highest BCUT2D eigenvalue weighted by Crippen LogP contribution is 2.42. The highest BCUT2D eigenvalue weighted by atomic mass is 79.9. The molecule has 0 heterocycles. The predicted octanol–water partition coefficient (Wildman–Crippen LogP) is 4.97. The number of halogens is 1. The Kier molecular flexibility index (Phi) is 3.50. The molecule has 0 N–H and O–H groups in total. The molecule has 0 spiro atoms. The van der Waals surface area contributed by atoms with Crippen LogP contribution in [0.5, 0.6) is 0 Å². The Labute approximate surface area is 101 Å². The van der Waals surface area contributed by atoms with E-state index >= 15 is 0 Å². The van der Waals surface area contributed by atoms with Gasteiger partial charge in [0, 0.05) is 4.83 Å². The zero-order valence-electron chi connectivity index (χ0n) is 9.59. The van der Waals surface area contributed by atoms with Gasteiger partial charge < -0.3 is 0 Å². The van der Waals surface area contributed by atoms with Crippen LogP contribution in [0.2, 0.25) is 0 Å². The zero-order chi connectivity index (χ0) is 10.8. The van der Waals surface area contributed by atoms with E-state index in [0.29, 0.717) is 4.83 Å². The van der Waals surface area contributed by atoms with Gasteiger partial charge in [0.05, 0.1) is 0 Å². The van der Waals surface area contributed by atoms with E-state index in [1.54, 1.807) is 11.1 Å². The number of alkyl halides is 1. The average molecular weight is 267 g/mol. The van der Waals surface area contributed by atoms with Crippen LogP contribution < -0.4 is 0 Å². The van der Waals surface area contributed by atoms with Crippen molar-refractivity contribution < 1.29 is 0 Å². The monoisotopic (exact) mass is 266 g/mol. The van der Waals surface area contributed by atoms with Gasteiger partial charge >= 0.3 is 0 Å². The van der Waals surface area contributed by atoms with E-state index < -0.39 is 0 Å². The fraction of sp³-hybridized carbons (Fsp3) is 0.571. The largest absolute Gasteiger partial charge is 0.0839 e. The van der Waals surface area contributed by atoms with Crippen molar-refractivity contribution in [2.24, 2.45) is 0 Å². The fourth-order valence-corrected chi connectivity index (χ4v) is 3.16. The van der Waals surface area contributed by atoms with Crippen LogP contribution >= 0.6 is 15.9 Å². The van der Waals surface area contributed by atoms with E-state index in [4.69, 9.17) is 0 Å². The topological polar surface area (TPSA) is 0 Å². The summed E-state index contributed by atoms with van der Waals surface area (Å²) < 4.78 is 0. The Morgan fingerprint density at radius 3 is 2.80 bits per heavy atom. The van der Waals surface area contributed by atoms with Crippen molar-refractivity contribution in [1.82, 2.24) is 0 Å². The zero-order valence-corrected chi connectivity index (χ0v) is 11.2. The first kappa shape index (κ1) is 11.2. The molecule has 1 aliphatic rings. The third kappa shape index (κ3) is 2.28. The standard InChI is InChI=1S/C14H19Br/c1-3-4-11-6-7-12-10(2)5-8-14(15)13(12)9-11/h6-7,9-10,14H,3-5,8H2,1-2H3. The molecule has 0 radical (unpaired) electrons.